The number of aliphatic carboxylic acids is 1. The van der Waals surface area contributed by atoms with Crippen molar-refractivity contribution in [2.75, 3.05) is 17.2 Å². The van der Waals surface area contributed by atoms with Crippen LogP contribution in [0.4, 0.5) is 5.69 Å². The highest BCUT2D eigenvalue weighted by Gasteiger charge is 2.23. The van der Waals surface area contributed by atoms with Crippen LogP contribution in [0.5, 0.6) is 0 Å². The highest BCUT2D eigenvalue weighted by atomic mass is 32.2. The highest BCUT2D eigenvalue weighted by Crippen LogP contribution is 2.45. The number of unbranched alkanes of at least 4 members (excludes halogenated alkanes) is 3. The Morgan fingerprint density at radius 3 is 2.61 bits per heavy atom. The number of pyridine rings is 1. The van der Waals surface area contributed by atoms with Crippen molar-refractivity contribution in [2.45, 2.75) is 50.0 Å². The number of thioether (sulfide) groups is 1. The minimum atomic E-state index is -4.19. The summed E-state index contributed by atoms with van der Waals surface area (Å²) in [4.78, 5) is 14.1. The van der Waals surface area contributed by atoms with E-state index in [-0.39, 0.29) is 12.2 Å². The Balaban J connectivity index is 1.48. The van der Waals surface area contributed by atoms with Crippen LogP contribution in [-0.4, -0.2) is 36.3 Å². The van der Waals surface area contributed by atoms with Crippen LogP contribution in [0, 0.1) is 0 Å². The molecule has 0 radical (unpaired) electrons. The van der Waals surface area contributed by atoms with Crippen molar-refractivity contribution in [3.05, 3.63) is 83.5 Å². The first-order valence-electron chi connectivity index (χ1n) is 12.8. The molecule has 0 fully saturated rings. The first kappa shape index (κ1) is 27.9. The van der Waals surface area contributed by atoms with E-state index in [9.17, 15) is 17.8 Å². The van der Waals surface area contributed by atoms with Gasteiger partial charge in [-0.1, -0.05) is 48.2 Å². The second-order valence-corrected chi connectivity index (χ2v) is 11.8. The molecule has 0 atom stereocenters. The lowest BCUT2D eigenvalue weighted by Gasteiger charge is -2.20. The number of para-hydroxylation sites is 2. The molecular formula is C29H32N2O5S2. The van der Waals surface area contributed by atoms with Crippen molar-refractivity contribution in [3.8, 4) is 0 Å². The smallest absolute Gasteiger partial charge is 0.303 e. The van der Waals surface area contributed by atoms with Gasteiger partial charge in [0.1, 0.15) is 6.54 Å². The summed E-state index contributed by atoms with van der Waals surface area (Å²) in [5.41, 5.74) is 3.34. The number of rotatable bonds is 13. The zero-order valence-electron chi connectivity index (χ0n) is 21.2. The molecule has 200 valence electrons. The molecule has 9 heteroatoms. The fourth-order valence-electron chi connectivity index (χ4n) is 4.57. The standard InChI is InChI=1S/C29H32N2O5S2/c32-29(33)17-2-1-7-19-30-21-18-23(24-12-3-4-13-25(24)30)11-10-16-28-31(20-8-9-22-38(34,35)36)26-14-5-6-15-27(26)37-28/h3-6,10-16,18,21H,1-2,7-9,17,19-20,22H2,(H-,32,33,34,35,36). The monoisotopic (exact) mass is 552 g/mol. The minimum Gasteiger partial charge on any atom is -0.748 e. The summed E-state index contributed by atoms with van der Waals surface area (Å²) in [5.74, 6) is -1.08. The molecule has 0 saturated carbocycles. The summed E-state index contributed by atoms with van der Waals surface area (Å²) < 4.78 is 35.1. The van der Waals surface area contributed by atoms with Crippen molar-refractivity contribution in [3.63, 3.8) is 0 Å². The van der Waals surface area contributed by atoms with E-state index in [0.717, 1.165) is 51.5 Å². The number of aryl methyl sites for hydroxylation is 1. The maximum atomic E-state index is 11.0. The highest BCUT2D eigenvalue weighted by molar-refractivity contribution is 8.03. The summed E-state index contributed by atoms with van der Waals surface area (Å²) in [5, 5.41) is 11.0. The molecule has 1 N–H and O–H groups in total. The summed E-state index contributed by atoms with van der Waals surface area (Å²) in [6, 6.07) is 18.5. The number of benzene rings is 2. The van der Waals surface area contributed by atoms with E-state index in [1.54, 1.807) is 11.8 Å². The summed E-state index contributed by atoms with van der Waals surface area (Å²) in [6.45, 7) is 1.48. The third-order valence-corrected chi connectivity index (χ3v) is 8.34. The SMILES string of the molecule is O=C(O)CCCCC[n+]1ccc(/C=C/C=C2/Sc3ccccc3N2CCCCS(=O)(=O)[O-])c2ccccc21. The van der Waals surface area contributed by atoms with Gasteiger partial charge >= 0.3 is 5.97 Å². The summed E-state index contributed by atoms with van der Waals surface area (Å²) >= 11 is 1.68. The van der Waals surface area contributed by atoms with E-state index in [0.29, 0.717) is 25.8 Å². The Bertz CT molecular complexity index is 1450. The van der Waals surface area contributed by atoms with Gasteiger partial charge in [0.05, 0.1) is 26.2 Å². The largest absolute Gasteiger partial charge is 0.748 e. The molecule has 1 aromatic heterocycles. The lowest BCUT2D eigenvalue weighted by molar-refractivity contribution is -0.671. The first-order valence-corrected chi connectivity index (χ1v) is 15.2. The normalized spacial score (nSPS) is 14.6. The van der Waals surface area contributed by atoms with Gasteiger partial charge in [0, 0.05) is 42.2 Å². The average molecular weight is 553 g/mol. The maximum Gasteiger partial charge on any atom is 0.303 e. The third kappa shape index (κ3) is 7.69. The number of hydrogen-bond acceptors (Lipinski definition) is 6. The zero-order chi connectivity index (χ0) is 27.0. The van der Waals surface area contributed by atoms with Crippen LogP contribution in [0.15, 0.2) is 82.9 Å². The minimum absolute atomic E-state index is 0.216. The van der Waals surface area contributed by atoms with Crippen molar-refractivity contribution < 1.29 is 27.4 Å². The molecule has 0 spiro atoms. The molecule has 0 unspecified atom stereocenters. The van der Waals surface area contributed by atoms with Crippen LogP contribution in [0.3, 0.4) is 0 Å². The van der Waals surface area contributed by atoms with Gasteiger partial charge in [-0.2, -0.15) is 4.57 Å². The average Bonchev–Trinajstić information content (AvgIpc) is 3.23. The molecule has 0 bridgehead atoms. The van der Waals surface area contributed by atoms with Gasteiger partial charge in [-0.25, -0.2) is 8.42 Å². The number of fused-ring (bicyclic) bond motifs is 2. The second kappa shape index (κ2) is 13.1. The van der Waals surface area contributed by atoms with Crippen molar-refractivity contribution in [1.29, 1.82) is 0 Å². The number of allylic oxidation sites excluding steroid dienone is 2. The molecule has 2 aromatic carbocycles. The van der Waals surface area contributed by atoms with Crippen LogP contribution in [-0.2, 0) is 21.5 Å². The first-order chi connectivity index (χ1) is 18.3. The lowest BCUT2D eigenvalue weighted by atomic mass is 10.1. The van der Waals surface area contributed by atoms with Crippen molar-refractivity contribution in [2.24, 2.45) is 0 Å². The van der Waals surface area contributed by atoms with Gasteiger partial charge in [0.25, 0.3) is 0 Å². The Morgan fingerprint density at radius 1 is 1.00 bits per heavy atom. The van der Waals surface area contributed by atoms with Gasteiger partial charge < -0.3 is 14.6 Å². The van der Waals surface area contributed by atoms with Crippen molar-refractivity contribution in [1.82, 2.24) is 0 Å². The molecule has 2 heterocycles. The second-order valence-electron chi connectivity index (χ2n) is 9.24. The van der Waals surface area contributed by atoms with E-state index in [1.807, 2.05) is 30.3 Å². The molecule has 3 aromatic rings. The summed E-state index contributed by atoms with van der Waals surface area (Å²) in [7, 11) is -4.19. The van der Waals surface area contributed by atoms with Gasteiger partial charge in [0.2, 0.25) is 5.52 Å². The molecule has 1 aliphatic rings. The number of carbonyl (C=O) groups is 1. The zero-order valence-corrected chi connectivity index (χ0v) is 22.8. The van der Waals surface area contributed by atoms with E-state index in [4.69, 9.17) is 5.11 Å². The number of carboxylic acids is 1. The fourth-order valence-corrected chi connectivity index (χ4v) is 6.23. The van der Waals surface area contributed by atoms with Crippen LogP contribution < -0.4 is 9.47 Å². The Kier molecular flexibility index (Phi) is 9.60. The quantitative estimate of drug-likeness (QED) is 0.168. The summed E-state index contributed by atoms with van der Waals surface area (Å²) in [6.07, 6.45) is 12.0. The predicted molar refractivity (Wildman–Crippen MR) is 151 cm³/mol. The fraction of sp³-hybridized carbons (Fsp3) is 0.310. The van der Waals surface area contributed by atoms with Gasteiger partial charge in [-0.3, -0.25) is 4.79 Å². The lowest BCUT2D eigenvalue weighted by Crippen LogP contribution is -2.34. The molecule has 7 nitrogen and oxygen atoms in total. The molecule has 4 rings (SSSR count). The Morgan fingerprint density at radius 2 is 1.79 bits per heavy atom. The predicted octanol–water partition coefficient (Wildman–Crippen LogP) is 5.56. The van der Waals surface area contributed by atoms with E-state index in [2.05, 4.69) is 58.1 Å². The molecule has 38 heavy (non-hydrogen) atoms. The number of aromatic nitrogens is 1. The topological polar surface area (TPSA) is 102 Å². The van der Waals surface area contributed by atoms with E-state index < -0.39 is 16.1 Å². The van der Waals surface area contributed by atoms with Crippen LogP contribution in [0.25, 0.3) is 17.0 Å². The van der Waals surface area contributed by atoms with Gasteiger partial charge in [-0.15, -0.1) is 0 Å². The Hall–Kier alpha value is -3.14. The molecule has 1 aliphatic heterocycles. The molecule has 0 aliphatic carbocycles. The number of nitrogens with zero attached hydrogens (tertiary/aromatic N) is 2. The third-order valence-electron chi connectivity index (χ3n) is 6.43. The molecular weight excluding hydrogens is 520 g/mol. The van der Waals surface area contributed by atoms with Gasteiger partial charge in [0.15, 0.2) is 6.20 Å². The molecule has 0 saturated heterocycles. The maximum absolute atomic E-state index is 11.0. The Labute approximate surface area is 228 Å². The number of carboxylic acid groups (broad SMARTS) is 1. The van der Waals surface area contributed by atoms with Gasteiger partial charge in [-0.05, 0) is 55.5 Å². The van der Waals surface area contributed by atoms with Crippen LogP contribution in [0.1, 0.15) is 44.1 Å². The van der Waals surface area contributed by atoms with Crippen molar-refractivity contribution >= 4 is 50.5 Å². The van der Waals surface area contributed by atoms with E-state index >= 15 is 0 Å². The number of anilines is 1. The van der Waals surface area contributed by atoms with E-state index in [1.165, 1.54) is 0 Å². The number of hydrogen-bond donors (Lipinski definition) is 1. The molecule has 0 amide bonds. The van der Waals surface area contributed by atoms with Crippen LogP contribution >= 0.6 is 11.8 Å². The van der Waals surface area contributed by atoms with Crippen LogP contribution in [0.2, 0.25) is 0 Å².